The van der Waals surface area contributed by atoms with Crippen molar-refractivity contribution in [2.45, 2.75) is 13.2 Å². The molecule has 0 saturated carbocycles. The Balaban J connectivity index is 1.86. The third kappa shape index (κ3) is 3.58. The Kier molecular flexibility index (Phi) is 4.83. The van der Waals surface area contributed by atoms with Crippen LogP contribution < -0.4 is 10.5 Å². The van der Waals surface area contributed by atoms with Gasteiger partial charge in [-0.15, -0.1) is 11.3 Å². The van der Waals surface area contributed by atoms with E-state index in [9.17, 15) is 10.1 Å². The first-order chi connectivity index (χ1) is 11.7. The van der Waals surface area contributed by atoms with Crippen molar-refractivity contribution in [3.8, 4) is 17.0 Å². The number of nitrogens with two attached hydrogens (primary N) is 1. The lowest BCUT2D eigenvalue weighted by Gasteiger charge is -2.08. The van der Waals surface area contributed by atoms with Crippen LogP contribution in [0.3, 0.4) is 0 Å². The standard InChI is InChI=1S/C17H15N3O3S/c18-9-17-19-14(11-24-17)13-6-7-16(15(8-13)20(21)22)23-10-12-4-2-1-3-5-12/h1-8,11H,9-10,18H2. The molecular formula is C17H15N3O3S. The maximum absolute atomic E-state index is 11.4. The van der Waals surface area contributed by atoms with E-state index in [1.54, 1.807) is 12.1 Å². The van der Waals surface area contributed by atoms with Crippen LogP contribution in [0.25, 0.3) is 11.3 Å². The van der Waals surface area contributed by atoms with Gasteiger partial charge in [0.25, 0.3) is 0 Å². The molecule has 24 heavy (non-hydrogen) atoms. The lowest BCUT2D eigenvalue weighted by molar-refractivity contribution is -0.385. The fourth-order valence-corrected chi connectivity index (χ4v) is 2.90. The van der Waals surface area contributed by atoms with Crippen LogP contribution >= 0.6 is 11.3 Å². The summed E-state index contributed by atoms with van der Waals surface area (Å²) in [6.45, 7) is 0.625. The fraction of sp³-hybridized carbons (Fsp3) is 0.118. The first-order valence-electron chi connectivity index (χ1n) is 7.27. The van der Waals surface area contributed by atoms with Crippen LogP contribution in [0.5, 0.6) is 5.75 Å². The number of rotatable bonds is 6. The van der Waals surface area contributed by atoms with E-state index in [0.717, 1.165) is 10.6 Å². The highest BCUT2D eigenvalue weighted by Gasteiger charge is 2.18. The minimum absolute atomic E-state index is 0.0780. The number of thiazole rings is 1. The molecule has 6 nitrogen and oxygen atoms in total. The van der Waals surface area contributed by atoms with Gasteiger partial charge in [-0.25, -0.2) is 4.98 Å². The number of nitrogens with zero attached hydrogens (tertiary/aromatic N) is 2. The summed E-state index contributed by atoms with van der Waals surface area (Å²) < 4.78 is 5.62. The molecule has 3 aromatic rings. The van der Waals surface area contributed by atoms with Crippen molar-refractivity contribution in [1.29, 1.82) is 0 Å². The third-order valence-corrected chi connectivity index (χ3v) is 4.29. The van der Waals surface area contributed by atoms with E-state index in [-0.39, 0.29) is 18.0 Å². The molecule has 0 spiro atoms. The quantitative estimate of drug-likeness (QED) is 0.544. The minimum Gasteiger partial charge on any atom is -0.482 e. The molecule has 0 radical (unpaired) electrons. The molecule has 2 aromatic carbocycles. The van der Waals surface area contributed by atoms with Gasteiger partial charge in [-0.05, 0) is 17.7 Å². The second-order valence-corrected chi connectivity index (χ2v) is 5.99. The Bertz CT molecular complexity index is 849. The zero-order chi connectivity index (χ0) is 16.9. The summed E-state index contributed by atoms with van der Waals surface area (Å²) in [5.74, 6) is 0.238. The normalized spacial score (nSPS) is 10.5. The Labute approximate surface area is 142 Å². The molecule has 7 heteroatoms. The van der Waals surface area contributed by atoms with Crippen molar-refractivity contribution in [2.24, 2.45) is 5.73 Å². The average Bonchev–Trinajstić information content (AvgIpc) is 3.10. The average molecular weight is 341 g/mol. The minimum atomic E-state index is -0.444. The summed E-state index contributed by atoms with van der Waals surface area (Å²) in [5.41, 5.74) is 7.78. The Morgan fingerprint density at radius 2 is 2.00 bits per heavy atom. The van der Waals surface area contributed by atoms with Gasteiger partial charge in [-0.2, -0.15) is 0 Å². The molecule has 0 fully saturated rings. The van der Waals surface area contributed by atoms with Crippen molar-refractivity contribution >= 4 is 17.0 Å². The van der Waals surface area contributed by atoms with Crippen molar-refractivity contribution in [1.82, 2.24) is 4.98 Å². The van der Waals surface area contributed by atoms with Gasteiger partial charge in [0.15, 0.2) is 5.75 Å². The van der Waals surface area contributed by atoms with Crippen LogP contribution in [0.4, 0.5) is 5.69 Å². The van der Waals surface area contributed by atoms with E-state index in [0.29, 0.717) is 17.8 Å². The third-order valence-electron chi connectivity index (χ3n) is 3.41. The van der Waals surface area contributed by atoms with E-state index >= 15 is 0 Å². The Morgan fingerprint density at radius 3 is 2.67 bits per heavy atom. The molecule has 3 rings (SSSR count). The predicted octanol–water partition coefficient (Wildman–Crippen LogP) is 3.76. The molecule has 0 bridgehead atoms. The van der Waals surface area contributed by atoms with Crippen LogP contribution in [-0.2, 0) is 13.2 Å². The first-order valence-corrected chi connectivity index (χ1v) is 8.15. The van der Waals surface area contributed by atoms with Crippen molar-refractivity contribution < 1.29 is 9.66 Å². The monoisotopic (exact) mass is 341 g/mol. The van der Waals surface area contributed by atoms with Crippen LogP contribution in [0.15, 0.2) is 53.9 Å². The van der Waals surface area contributed by atoms with Crippen LogP contribution in [-0.4, -0.2) is 9.91 Å². The summed E-state index contributed by atoms with van der Waals surface area (Å²) >= 11 is 1.43. The zero-order valence-corrected chi connectivity index (χ0v) is 13.5. The van der Waals surface area contributed by atoms with E-state index in [1.165, 1.54) is 17.4 Å². The molecule has 1 aromatic heterocycles. The van der Waals surface area contributed by atoms with Gasteiger partial charge in [-0.1, -0.05) is 30.3 Å². The summed E-state index contributed by atoms with van der Waals surface area (Å²) in [4.78, 5) is 15.3. The molecule has 0 atom stereocenters. The van der Waals surface area contributed by atoms with Gasteiger partial charge in [0, 0.05) is 23.6 Å². The molecule has 0 saturated heterocycles. The molecule has 1 heterocycles. The lowest BCUT2D eigenvalue weighted by Crippen LogP contribution is -1.99. The number of hydrogen-bond acceptors (Lipinski definition) is 6. The number of nitro benzene ring substituents is 1. The lowest BCUT2D eigenvalue weighted by atomic mass is 10.1. The van der Waals surface area contributed by atoms with Crippen LogP contribution in [0.2, 0.25) is 0 Å². The molecular weight excluding hydrogens is 326 g/mol. The first kappa shape index (κ1) is 16.1. The molecule has 122 valence electrons. The van der Waals surface area contributed by atoms with Gasteiger partial charge in [0.2, 0.25) is 0 Å². The number of hydrogen-bond donors (Lipinski definition) is 1. The zero-order valence-electron chi connectivity index (χ0n) is 12.7. The predicted molar refractivity (Wildman–Crippen MR) is 92.9 cm³/mol. The summed E-state index contributed by atoms with van der Waals surface area (Å²) in [6, 6.07) is 14.4. The fourth-order valence-electron chi connectivity index (χ4n) is 2.21. The van der Waals surface area contributed by atoms with Crippen molar-refractivity contribution in [2.75, 3.05) is 0 Å². The van der Waals surface area contributed by atoms with E-state index in [1.807, 2.05) is 35.7 Å². The van der Waals surface area contributed by atoms with Crippen molar-refractivity contribution in [3.63, 3.8) is 0 Å². The molecule has 0 aliphatic rings. The van der Waals surface area contributed by atoms with Gasteiger partial charge in [0.05, 0.1) is 10.6 Å². The van der Waals surface area contributed by atoms with Gasteiger partial charge >= 0.3 is 5.69 Å². The molecule has 0 aliphatic carbocycles. The van der Waals surface area contributed by atoms with Crippen LogP contribution in [0.1, 0.15) is 10.6 Å². The maximum atomic E-state index is 11.4. The maximum Gasteiger partial charge on any atom is 0.311 e. The second kappa shape index (κ2) is 7.20. The molecule has 0 unspecified atom stereocenters. The van der Waals surface area contributed by atoms with E-state index < -0.39 is 4.92 Å². The van der Waals surface area contributed by atoms with Gasteiger partial charge in [0.1, 0.15) is 11.6 Å². The topological polar surface area (TPSA) is 91.3 Å². The molecule has 2 N–H and O–H groups in total. The van der Waals surface area contributed by atoms with Crippen molar-refractivity contribution in [3.05, 3.63) is 74.6 Å². The highest BCUT2D eigenvalue weighted by Crippen LogP contribution is 2.33. The summed E-state index contributed by atoms with van der Waals surface area (Å²) in [7, 11) is 0. The Hall–Kier alpha value is -2.77. The summed E-state index contributed by atoms with van der Waals surface area (Å²) in [6.07, 6.45) is 0. The SMILES string of the molecule is NCc1nc(-c2ccc(OCc3ccccc3)c([N+](=O)[O-])c2)cs1. The number of nitro groups is 1. The van der Waals surface area contributed by atoms with E-state index in [2.05, 4.69) is 4.98 Å². The number of benzene rings is 2. The molecule has 0 amide bonds. The smallest absolute Gasteiger partial charge is 0.311 e. The second-order valence-electron chi connectivity index (χ2n) is 5.04. The highest BCUT2D eigenvalue weighted by atomic mass is 32.1. The van der Waals surface area contributed by atoms with E-state index in [4.69, 9.17) is 10.5 Å². The largest absolute Gasteiger partial charge is 0.482 e. The van der Waals surface area contributed by atoms with Gasteiger partial charge in [-0.3, -0.25) is 10.1 Å². The molecule has 0 aliphatic heterocycles. The highest BCUT2D eigenvalue weighted by molar-refractivity contribution is 7.09. The number of ether oxygens (including phenoxy) is 1. The van der Waals surface area contributed by atoms with Crippen LogP contribution in [0, 0.1) is 10.1 Å². The Morgan fingerprint density at radius 1 is 1.21 bits per heavy atom. The summed E-state index contributed by atoms with van der Waals surface area (Å²) in [5, 5.41) is 14.0. The number of aromatic nitrogens is 1. The van der Waals surface area contributed by atoms with Gasteiger partial charge < -0.3 is 10.5 Å².